The summed E-state index contributed by atoms with van der Waals surface area (Å²) in [5.41, 5.74) is 2.22. The van der Waals surface area contributed by atoms with E-state index in [0.717, 1.165) is 23.4 Å². The van der Waals surface area contributed by atoms with Crippen LogP contribution >= 0.6 is 11.6 Å². The molecule has 0 heterocycles. The Balaban J connectivity index is 2.04. The molecule has 1 aliphatic carbocycles. The molecule has 2 heteroatoms. The highest BCUT2D eigenvalue weighted by atomic mass is 35.5. The smallest absolute Gasteiger partial charge is 0.0790 e. The molecular formula is C14H17ClO. The van der Waals surface area contributed by atoms with E-state index in [0.29, 0.717) is 6.42 Å². The van der Waals surface area contributed by atoms with E-state index in [1.165, 1.54) is 18.4 Å². The van der Waals surface area contributed by atoms with Crippen LogP contribution in [0.5, 0.6) is 0 Å². The van der Waals surface area contributed by atoms with Crippen molar-refractivity contribution in [1.29, 1.82) is 0 Å². The summed E-state index contributed by atoms with van der Waals surface area (Å²) in [5.74, 6) is 0. The minimum atomic E-state index is -0.361. The van der Waals surface area contributed by atoms with E-state index in [4.69, 9.17) is 11.6 Å². The second-order valence-corrected chi connectivity index (χ2v) is 4.74. The Bertz CT molecular complexity index is 384. The summed E-state index contributed by atoms with van der Waals surface area (Å²) in [7, 11) is 0. The van der Waals surface area contributed by atoms with Crippen molar-refractivity contribution >= 4 is 11.6 Å². The maximum absolute atomic E-state index is 10.1. The first kappa shape index (κ1) is 11.7. The first-order valence-corrected chi connectivity index (χ1v) is 6.25. The van der Waals surface area contributed by atoms with E-state index < -0.39 is 0 Å². The molecular weight excluding hydrogens is 220 g/mol. The zero-order valence-electron chi connectivity index (χ0n) is 9.32. The van der Waals surface area contributed by atoms with Gasteiger partial charge in [0.1, 0.15) is 0 Å². The van der Waals surface area contributed by atoms with E-state index in [2.05, 4.69) is 6.08 Å². The van der Waals surface area contributed by atoms with E-state index in [1.807, 2.05) is 24.3 Å². The average Bonchev–Trinajstić information content (AvgIpc) is 2.33. The van der Waals surface area contributed by atoms with Crippen LogP contribution in [-0.2, 0) is 6.42 Å². The standard InChI is InChI=1S/C14H17ClO/c15-13-9-5-4-8-12(13)10-14(16)11-6-2-1-3-7-11/h4-6,8-9,14,16H,1-3,7,10H2. The van der Waals surface area contributed by atoms with Gasteiger partial charge in [0.2, 0.25) is 0 Å². The quantitative estimate of drug-likeness (QED) is 0.793. The van der Waals surface area contributed by atoms with Gasteiger partial charge in [0.25, 0.3) is 0 Å². The third-order valence-electron chi connectivity index (χ3n) is 3.13. The van der Waals surface area contributed by atoms with Gasteiger partial charge in [0, 0.05) is 11.4 Å². The van der Waals surface area contributed by atoms with Crippen LogP contribution in [0, 0.1) is 0 Å². The highest BCUT2D eigenvalue weighted by Gasteiger charge is 2.14. The second-order valence-electron chi connectivity index (χ2n) is 4.34. The summed E-state index contributed by atoms with van der Waals surface area (Å²) in [5, 5.41) is 10.9. The molecule has 1 aliphatic rings. The maximum atomic E-state index is 10.1. The first-order chi connectivity index (χ1) is 7.77. The zero-order chi connectivity index (χ0) is 11.4. The van der Waals surface area contributed by atoms with Crippen molar-refractivity contribution < 1.29 is 5.11 Å². The van der Waals surface area contributed by atoms with Crippen LogP contribution in [0.1, 0.15) is 31.2 Å². The van der Waals surface area contributed by atoms with Crippen molar-refractivity contribution in [2.45, 2.75) is 38.2 Å². The van der Waals surface area contributed by atoms with Gasteiger partial charge in [-0.05, 0) is 42.9 Å². The fourth-order valence-corrected chi connectivity index (χ4v) is 2.38. The molecule has 1 N–H and O–H groups in total. The Morgan fingerprint density at radius 1 is 1.25 bits per heavy atom. The minimum absolute atomic E-state index is 0.361. The Hall–Kier alpha value is -0.790. The van der Waals surface area contributed by atoms with Gasteiger partial charge in [0.05, 0.1) is 6.10 Å². The normalized spacial score (nSPS) is 18.0. The molecule has 0 spiro atoms. The predicted molar refractivity (Wildman–Crippen MR) is 67.7 cm³/mol. The van der Waals surface area contributed by atoms with Crippen molar-refractivity contribution in [3.63, 3.8) is 0 Å². The molecule has 1 atom stereocenters. The third-order valence-corrected chi connectivity index (χ3v) is 3.49. The van der Waals surface area contributed by atoms with E-state index in [-0.39, 0.29) is 6.10 Å². The largest absolute Gasteiger partial charge is 0.388 e. The Morgan fingerprint density at radius 3 is 2.75 bits per heavy atom. The molecule has 0 fully saturated rings. The van der Waals surface area contributed by atoms with Crippen molar-refractivity contribution in [3.05, 3.63) is 46.5 Å². The van der Waals surface area contributed by atoms with Gasteiger partial charge < -0.3 is 5.11 Å². The molecule has 1 aromatic carbocycles. The molecule has 2 rings (SSSR count). The lowest BCUT2D eigenvalue weighted by Gasteiger charge is -2.19. The van der Waals surface area contributed by atoms with Crippen molar-refractivity contribution in [3.8, 4) is 0 Å². The van der Waals surface area contributed by atoms with E-state index in [1.54, 1.807) is 0 Å². The number of allylic oxidation sites excluding steroid dienone is 1. The lowest BCUT2D eigenvalue weighted by molar-refractivity contribution is 0.204. The van der Waals surface area contributed by atoms with Crippen LogP contribution in [0.25, 0.3) is 0 Å². The second kappa shape index (κ2) is 5.51. The van der Waals surface area contributed by atoms with Gasteiger partial charge in [-0.2, -0.15) is 0 Å². The lowest BCUT2D eigenvalue weighted by atomic mass is 9.92. The van der Waals surface area contributed by atoms with Gasteiger partial charge in [0.15, 0.2) is 0 Å². The Labute approximate surface area is 102 Å². The SMILES string of the molecule is OC(Cc1ccccc1Cl)C1=CCCCC1. The number of rotatable bonds is 3. The highest BCUT2D eigenvalue weighted by molar-refractivity contribution is 6.31. The van der Waals surface area contributed by atoms with Gasteiger partial charge in [-0.15, -0.1) is 0 Å². The molecule has 0 amide bonds. The molecule has 0 radical (unpaired) electrons. The topological polar surface area (TPSA) is 20.2 Å². The summed E-state index contributed by atoms with van der Waals surface area (Å²) >= 11 is 6.08. The number of hydrogen-bond acceptors (Lipinski definition) is 1. The molecule has 0 aromatic heterocycles. The van der Waals surface area contributed by atoms with Gasteiger partial charge in [-0.3, -0.25) is 0 Å². The molecule has 86 valence electrons. The van der Waals surface area contributed by atoms with Crippen LogP contribution in [0.3, 0.4) is 0 Å². The number of benzene rings is 1. The molecule has 0 saturated carbocycles. The van der Waals surface area contributed by atoms with Crippen LogP contribution in [0.15, 0.2) is 35.9 Å². The minimum Gasteiger partial charge on any atom is -0.388 e. The Kier molecular flexibility index (Phi) is 4.03. The monoisotopic (exact) mass is 236 g/mol. The zero-order valence-corrected chi connectivity index (χ0v) is 10.1. The molecule has 1 unspecified atom stereocenters. The van der Waals surface area contributed by atoms with Crippen LogP contribution in [-0.4, -0.2) is 11.2 Å². The number of halogens is 1. The molecule has 1 nitrogen and oxygen atoms in total. The molecule has 1 aromatic rings. The molecule has 0 aliphatic heterocycles. The third kappa shape index (κ3) is 2.87. The first-order valence-electron chi connectivity index (χ1n) is 5.88. The van der Waals surface area contributed by atoms with Crippen LogP contribution in [0.2, 0.25) is 5.02 Å². The number of aliphatic hydroxyl groups is 1. The van der Waals surface area contributed by atoms with Gasteiger partial charge >= 0.3 is 0 Å². The fraction of sp³-hybridized carbons (Fsp3) is 0.429. The summed E-state index contributed by atoms with van der Waals surface area (Å²) < 4.78 is 0. The molecule has 0 saturated heterocycles. The number of hydrogen-bond donors (Lipinski definition) is 1. The molecule has 16 heavy (non-hydrogen) atoms. The number of aliphatic hydroxyl groups excluding tert-OH is 1. The molecule has 0 bridgehead atoms. The summed E-state index contributed by atoms with van der Waals surface area (Å²) in [6, 6.07) is 7.73. The van der Waals surface area contributed by atoms with Crippen molar-refractivity contribution in [1.82, 2.24) is 0 Å². The summed E-state index contributed by atoms with van der Waals surface area (Å²) in [4.78, 5) is 0. The predicted octanol–water partition coefficient (Wildman–Crippen LogP) is 3.74. The lowest BCUT2D eigenvalue weighted by Crippen LogP contribution is -2.15. The van der Waals surface area contributed by atoms with Crippen molar-refractivity contribution in [2.24, 2.45) is 0 Å². The van der Waals surface area contributed by atoms with Crippen LogP contribution < -0.4 is 0 Å². The fourth-order valence-electron chi connectivity index (χ4n) is 2.17. The summed E-state index contributed by atoms with van der Waals surface area (Å²) in [6.07, 6.45) is 7.05. The van der Waals surface area contributed by atoms with Gasteiger partial charge in [-0.25, -0.2) is 0 Å². The van der Waals surface area contributed by atoms with E-state index in [9.17, 15) is 5.11 Å². The van der Waals surface area contributed by atoms with Crippen LogP contribution in [0.4, 0.5) is 0 Å². The summed E-state index contributed by atoms with van der Waals surface area (Å²) in [6.45, 7) is 0. The maximum Gasteiger partial charge on any atom is 0.0790 e. The van der Waals surface area contributed by atoms with Gasteiger partial charge in [-0.1, -0.05) is 35.9 Å². The average molecular weight is 237 g/mol. The van der Waals surface area contributed by atoms with Crippen molar-refractivity contribution in [2.75, 3.05) is 0 Å². The Morgan fingerprint density at radius 2 is 2.06 bits per heavy atom. The highest BCUT2D eigenvalue weighted by Crippen LogP contribution is 2.24. The van der Waals surface area contributed by atoms with E-state index >= 15 is 0 Å².